The molecule has 0 aliphatic carbocycles. The lowest BCUT2D eigenvalue weighted by molar-refractivity contribution is 0.169. The van der Waals surface area contributed by atoms with Crippen molar-refractivity contribution in [1.29, 1.82) is 0 Å². The highest BCUT2D eigenvalue weighted by Gasteiger charge is 2.30. The Bertz CT molecular complexity index is 790. The molecule has 3 aliphatic heterocycles. The predicted octanol–water partition coefficient (Wildman–Crippen LogP) is 3.91. The van der Waals surface area contributed by atoms with Crippen LogP contribution in [0.15, 0.2) is 42.6 Å². The molecule has 0 saturated carbocycles. The molecule has 4 heterocycles. The summed E-state index contributed by atoms with van der Waals surface area (Å²) in [6.07, 6.45) is 6.92. The van der Waals surface area contributed by atoms with E-state index in [1.54, 1.807) is 0 Å². The third-order valence-corrected chi connectivity index (χ3v) is 6.40. The summed E-state index contributed by atoms with van der Waals surface area (Å²) in [5.41, 5.74) is 1.38. The number of nitrogens with zero attached hydrogens (tertiary/aromatic N) is 3. The van der Waals surface area contributed by atoms with E-state index in [0.717, 1.165) is 36.3 Å². The van der Waals surface area contributed by atoms with E-state index < -0.39 is 0 Å². The van der Waals surface area contributed by atoms with E-state index in [4.69, 9.17) is 9.47 Å². The average Bonchev–Trinajstić information content (AvgIpc) is 3.23. The minimum absolute atomic E-state index is 0.518. The van der Waals surface area contributed by atoms with Gasteiger partial charge in [-0.3, -0.25) is 4.90 Å². The van der Waals surface area contributed by atoms with Crippen LogP contribution in [0.4, 0.5) is 5.82 Å². The molecule has 1 aromatic carbocycles. The molecule has 1 aromatic heterocycles. The Kier molecular flexibility index (Phi) is 5.08. The number of benzene rings is 1. The highest BCUT2D eigenvalue weighted by Crippen LogP contribution is 2.39. The van der Waals surface area contributed by atoms with Crippen molar-refractivity contribution in [3.63, 3.8) is 0 Å². The lowest BCUT2D eigenvalue weighted by Gasteiger charge is -2.36. The van der Waals surface area contributed by atoms with Gasteiger partial charge in [-0.25, -0.2) is 4.98 Å². The second-order valence-electron chi connectivity index (χ2n) is 8.17. The maximum Gasteiger partial charge on any atom is 0.161 e. The molecule has 148 valence electrons. The van der Waals surface area contributed by atoms with Gasteiger partial charge in [0.25, 0.3) is 0 Å². The molecule has 1 unspecified atom stereocenters. The number of fused-ring (bicyclic) bond motifs is 1. The summed E-state index contributed by atoms with van der Waals surface area (Å²) in [7, 11) is 0. The van der Waals surface area contributed by atoms with E-state index in [1.165, 1.54) is 44.3 Å². The fourth-order valence-corrected chi connectivity index (χ4v) is 4.91. The first-order valence-electron chi connectivity index (χ1n) is 10.7. The minimum Gasteiger partial charge on any atom is -0.486 e. The number of piperidine rings is 1. The van der Waals surface area contributed by atoms with Gasteiger partial charge in [-0.1, -0.05) is 12.1 Å². The van der Waals surface area contributed by atoms with Crippen molar-refractivity contribution in [1.82, 2.24) is 9.88 Å². The number of aromatic nitrogens is 1. The van der Waals surface area contributed by atoms with Crippen LogP contribution >= 0.6 is 0 Å². The normalized spacial score (nSPS) is 23.1. The predicted molar refractivity (Wildman–Crippen MR) is 110 cm³/mol. The van der Waals surface area contributed by atoms with E-state index >= 15 is 0 Å². The Morgan fingerprint density at radius 1 is 0.929 bits per heavy atom. The molecule has 3 aliphatic rings. The van der Waals surface area contributed by atoms with Gasteiger partial charge in [0.1, 0.15) is 19.0 Å². The quantitative estimate of drug-likeness (QED) is 0.805. The monoisotopic (exact) mass is 379 g/mol. The summed E-state index contributed by atoms with van der Waals surface area (Å²) in [5, 5.41) is 0. The zero-order chi connectivity index (χ0) is 18.8. The second-order valence-corrected chi connectivity index (χ2v) is 8.17. The van der Waals surface area contributed by atoms with E-state index in [9.17, 15) is 0 Å². The zero-order valence-corrected chi connectivity index (χ0v) is 16.4. The van der Waals surface area contributed by atoms with Gasteiger partial charge in [-0.05, 0) is 68.0 Å². The molecular weight excluding hydrogens is 350 g/mol. The first-order chi connectivity index (χ1) is 13.9. The van der Waals surface area contributed by atoms with Gasteiger partial charge in [0, 0.05) is 31.9 Å². The SMILES string of the molecule is c1ccc(N2CCC(CN3CCCC3c3ccc4c(c3)OCCO4)CC2)nc1. The number of pyridine rings is 1. The van der Waals surface area contributed by atoms with E-state index in [0.29, 0.717) is 19.3 Å². The summed E-state index contributed by atoms with van der Waals surface area (Å²) in [6, 6.07) is 13.2. The van der Waals surface area contributed by atoms with Crippen LogP contribution in [-0.2, 0) is 0 Å². The van der Waals surface area contributed by atoms with Gasteiger partial charge in [0.05, 0.1) is 0 Å². The van der Waals surface area contributed by atoms with Crippen LogP contribution in [0.25, 0.3) is 0 Å². The van der Waals surface area contributed by atoms with Crippen molar-refractivity contribution in [2.75, 3.05) is 44.3 Å². The standard InChI is InChI=1S/C23H29N3O2/c1-2-10-24-23(5-1)25-12-8-18(9-13-25)17-26-11-3-4-20(26)19-6-7-21-22(16-19)28-15-14-27-21/h1-2,5-7,10,16,18,20H,3-4,8-9,11-15,17H2. The van der Waals surface area contributed by atoms with Gasteiger partial charge in [-0.15, -0.1) is 0 Å². The Morgan fingerprint density at radius 2 is 1.79 bits per heavy atom. The molecule has 0 amide bonds. The number of anilines is 1. The van der Waals surface area contributed by atoms with Gasteiger partial charge >= 0.3 is 0 Å². The Morgan fingerprint density at radius 3 is 2.61 bits per heavy atom. The van der Waals surface area contributed by atoms with Crippen molar-refractivity contribution >= 4 is 5.82 Å². The maximum absolute atomic E-state index is 5.81. The van der Waals surface area contributed by atoms with Gasteiger partial charge in [-0.2, -0.15) is 0 Å². The number of rotatable bonds is 4. The largest absolute Gasteiger partial charge is 0.486 e. The molecule has 2 fully saturated rings. The lowest BCUT2D eigenvalue weighted by Crippen LogP contribution is -2.39. The van der Waals surface area contributed by atoms with Gasteiger partial charge in [0.2, 0.25) is 0 Å². The number of hydrogen-bond acceptors (Lipinski definition) is 5. The molecule has 28 heavy (non-hydrogen) atoms. The van der Waals surface area contributed by atoms with Gasteiger partial charge < -0.3 is 14.4 Å². The van der Waals surface area contributed by atoms with Crippen LogP contribution < -0.4 is 14.4 Å². The van der Waals surface area contributed by atoms with E-state index in [-0.39, 0.29) is 0 Å². The molecule has 5 rings (SSSR count). The Hall–Kier alpha value is -2.27. The Labute approximate surface area is 167 Å². The Balaban J connectivity index is 1.21. The van der Waals surface area contributed by atoms with Crippen molar-refractivity contribution in [2.24, 2.45) is 5.92 Å². The average molecular weight is 380 g/mol. The lowest BCUT2D eigenvalue weighted by atomic mass is 9.95. The fraction of sp³-hybridized carbons (Fsp3) is 0.522. The number of ether oxygens (including phenoxy) is 2. The van der Waals surface area contributed by atoms with Crippen molar-refractivity contribution in [3.8, 4) is 11.5 Å². The third-order valence-electron chi connectivity index (χ3n) is 6.40. The fourth-order valence-electron chi connectivity index (χ4n) is 4.91. The highest BCUT2D eigenvalue weighted by molar-refractivity contribution is 5.45. The minimum atomic E-state index is 0.518. The molecule has 0 bridgehead atoms. The molecule has 5 heteroatoms. The smallest absolute Gasteiger partial charge is 0.161 e. The van der Waals surface area contributed by atoms with Crippen LogP contribution in [0.5, 0.6) is 11.5 Å². The van der Waals surface area contributed by atoms with Crippen molar-refractivity contribution in [3.05, 3.63) is 48.2 Å². The van der Waals surface area contributed by atoms with E-state index in [2.05, 4.69) is 45.1 Å². The summed E-state index contributed by atoms with van der Waals surface area (Å²) < 4.78 is 11.5. The van der Waals surface area contributed by atoms with Crippen LogP contribution in [0.3, 0.4) is 0 Å². The summed E-state index contributed by atoms with van der Waals surface area (Å²) in [6.45, 7) is 5.95. The van der Waals surface area contributed by atoms with Crippen LogP contribution in [0.2, 0.25) is 0 Å². The molecular formula is C23H29N3O2. The number of likely N-dealkylation sites (tertiary alicyclic amines) is 1. The maximum atomic E-state index is 5.81. The molecule has 5 nitrogen and oxygen atoms in total. The summed E-state index contributed by atoms with van der Waals surface area (Å²) in [4.78, 5) is 9.64. The second kappa shape index (κ2) is 8.00. The topological polar surface area (TPSA) is 37.8 Å². The zero-order valence-electron chi connectivity index (χ0n) is 16.4. The summed E-state index contributed by atoms with van der Waals surface area (Å²) in [5.74, 6) is 3.70. The highest BCUT2D eigenvalue weighted by atomic mass is 16.6. The van der Waals surface area contributed by atoms with Crippen LogP contribution in [0, 0.1) is 5.92 Å². The number of hydrogen-bond donors (Lipinski definition) is 0. The molecule has 1 atom stereocenters. The van der Waals surface area contributed by atoms with Gasteiger partial charge in [0.15, 0.2) is 11.5 Å². The molecule has 0 N–H and O–H groups in total. The van der Waals surface area contributed by atoms with Crippen LogP contribution in [0.1, 0.15) is 37.3 Å². The molecule has 2 aromatic rings. The van der Waals surface area contributed by atoms with E-state index in [1.807, 2.05) is 12.3 Å². The summed E-state index contributed by atoms with van der Waals surface area (Å²) >= 11 is 0. The van der Waals surface area contributed by atoms with Crippen molar-refractivity contribution in [2.45, 2.75) is 31.7 Å². The first kappa shape index (κ1) is 17.8. The molecule has 0 spiro atoms. The molecule has 2 saturated heterocycles. The van der Waals surface area contributed by atoms with Crippen LogP contribution in [-0.4, -0.2) is 49.3 Å². The third kappa shape index (κ3) is 3.68. The first-order valence-corrected chi connectivity index (χ1v) is 10.7. The van der Waals surface area contributed by atoms with Crippen molar-refractivity contribution < 1.29 is 9.47 Å². The molecule has 0 radical (unpaired) electrons.